The van der Waals surface area contributed by atoms with Crippen LogP contribution < -0.4 is 10.9 Å². The van der Waals surface area contributed by atoms with Gasteiger partial charge in [-0.25, -0.2) is 4.68 Å². The van der Waals surface area contributed by atoms with Gasteiger partial charge in [0.05, 0.1) is 11.8 Å². The minimum Gasteiger partial charge on any atom is -0.463 e. The van der Waals surface area contributed by atoms with Crippen molar-refractivity contribution in [3.8, 4) is 0 Å². The average molecular weight is 356 g/mol. The molecule has 7 heteroatoms. The Morgan fingerprint density at radius 2 is 2.15 bits per heavy atom. The molecule has 138 valence electrons. The van der Waals surface area contributed by atoms with Gasteiger partial charge in [-0.1, -0.05) is 26.7 Å². The molecule has 3 aromatic heterocycles. The predicted molar refractivity (Wildman–Crippen MR) is 98.1 cm³/mol. The summed E-state index contributed by atoms with van der Waals surface area (Å²) < 4.78 is 8.39. The fraction of sp³-hybridized carbons (Fsp3) is 0.526. The van der Waals surface area contributed by atoms with Crippen LogP contribution in [0.1, 0.15) is 38.9 Å². The first-order chi connectivity index (χ1) is 12.5. The SMILES string of the molecule is Cc1nn(CC(=O)N[C@@H]2CCC[C@H](C)[C@@H]2C)c(=O)c2cc3occc3n12. The second-order valence-electron chi connectivity index (χ2n) is 7.49. The Kier molecular flexibility index (Phi) is 4.09. The number of carbonyl (C=O) groups excluding carboxylic acids is 1. The number of fused-ring (bicyclic) bond motifs is 3. The molecule has 3 atom stereocenters. The number of aromatic nitrogens is 3. The Balaban J connectivity index is 1.60. The Bertz CT molecular complexity index is 1030. The van der Waals surface area contributed by atoms with Crippen LogP contribution in [-0.4, -0.2) is 26.1 Å². The molecule has 0 unspecified atom stereocenters. The van der Waals surface area contributed by atoms with Gasteiger partial charge in [0.2, 0.25) is 5.91 Å². The van der Waals surface area contributed by atoms with Crippen molar-refractivity contribution in [1.29, 1.82) is 0 Å². The normalized spacial score (nSPS) is 23.6. The van der Waals surface area contributed by atoms with Crippen LogP contribution in [0, 0.1) is 18.8 Å². The fourth-order valence-corrected chi connectivity index (χ4v) is 4.11. The molecular weight excluding hydrogens is 332 g/mol. The molecule has 0 radical (unpaired) electrons. The zero-order chi connectivity index (χ0) is 18.4. The van der Waals surface area contributed by atoms with Crippen LogP contribution in [0.4, 0.5) is 0 Å². The zero-order valence-corrected chi connectivity index (χ0v) is 15.4. The summed E-state index contributed by atoms with van der Waals surface area (Å²) in [6.45, 7) is 6.16. The number of amides is 1. The maximum Gasteiger partial charge on any atom is 0.291 e. The van der Waals surface area contributed by atoms with Crippen LogP contribution >= 0.6 is 0 Å². The van der Waals surface area contributed by atoms with E-state index in [1.807, 2.05) is 6.92 Å². The van der Waals surface area contributed by atoms with E-state index in [0.717, 1.165) is 18.4 Å². The Morgan fingerprint density at radius 1 is 1.35 bits per heavy atom. The fourth-order valence-electron chi connectivity index (χ4n) is 4.11. The first-order valence-corrected chi connectivity index (χ1v) is 9.21. The summed E-state index contributed by atoms with van der Waals surface area (Å²) in [5.41, 5.74) is 1.63. The monoisotopic (exact) mass is 356 g/mol. The molecule has 0 spiro atoms. The van der Waals surface area contributed by atoms with E-state index >= 15 is 0 Å². The van der Waals surface area contributed by atoms with Gasteiger partial charge in [-0.2, -0.15) is 5.10 Å². The van der Waals surface area contributed by atoms with E-state index in [0.29, 0.717) is 28.8 Å². The van der Waals surface area contributed by atoms with Crippen molar-refractivity contribution in [1.82, 2.24) is 19.5 Å². The summed E-state index contributed by atoms with van der Waals surface area (Å²) >= 11 is 0. The molecule has 1 N–H and O–H groups in total. The average Bonchev–Trinajstić information content (AvgIpc) is 3.17. The topological polar surface area (TPSA) is 81.5 Å². The summed E-state index contributed by atoms with van der Waals surface area (Å²) in [5, 5.41) is 7.43. The molecule has 26 heavy (non-hydrogen) atoms. The van der Waals surface area contributed by atoms with Crippen LogP contribution in [-0.2, 0) is 11.3 Å². The molecule has 0 saturated heterocycles. The van der Waals surface area contributed by atoms with Crippen molar-refractivity contribution >= 4 is 22.5 Å². The molecular formula is C19H24N4O3. The smallest absolute Gasteiger partial charge is 0.291 e. The number of aryl methyl sites for hydroxylation is 1. The summed E-state index contributed by atoms with van der Waals surface area (Å²) in [7, 11) is 0. The minimum atomic E-state index is -0.290. The van der Waals surface area contributed by atoms with Crippen molar-refractivity contribution in [2.45, 2.75) is 52.6 Å². The van der Waals surface area contributed by atoms with Gasteiger partial charge in [0.15, 0.2) is 5.58 Å². The largest absolute Gasteiger partial charge is 0.463 e. The molecule has 3 heterocycles. The maximum absolute atomic E-state index is 12.8. The number of rotatable bonds is 3. The van der Waals surface area contributed by atoms with Gasteiger partial charge in [0.1, 0.15) is 17.9 Å². The number of nitrogens with zero attached hydrogens (tertiary/aromatic N) is 3. The molecule has 1 aliphatic carbocycles. The van der Waals surface area contributed by atoms with Gasteiger partial charge >= 0.3 is 0 Å². The molecule has 1 fully saturated rings. The second-order valence-corrected chi connectivity index (χ2v) is 7.49. The molecule has 1 aliphatic rings. The van der Waals surface area contributed by atoms with Crippen LogP contribution in [0.3, 0.4) is 0 Å². The number of furan rings is 1. The standard InChI is InChI=1S/C19H24N4O3/c1-11-5-4-6-14(12(11)2)20-18(24)10-22-19(25)16-9-17-15(7-8-26-17)23(16)13(3)21-22/h7-9,11-12,14H,4-6,10H2,1-3H3,(H,20,24)/t11-,12-,14+/m0/s1. The van der Waals surface area contributed by atoms with Gasteiger partial charge in [-0.3, -0.25) is 14.0 Å². The van der Waals surface area contributed by atoms with Crippen LogP contribution in [0.25, 0.3) is 16.6 Å². The van der Waals surface area contributed by atoms with E-state index in [9.17, 15) is 9.59 Å². The lowest BCUT2D eigenvalue weighted by atomic mass is 9.78. The number of nitrogens with one attached hydrogen (secondary N) is 1. The first kappa shape index (κ1) is 16.9. The molecule has 1 amide bonds. The summed E-state index contributed by atoms with van der Waals surface area (Å²) in [4.78, 5) is 25.3. The van der Waals surface area contributed by atoms with Crippen molar-refractivity contribution in [2.75, 3.05) is 0 Å². The van der Waals surface area contributed by atoms with Crippen LogP contribution in [0.15, 0.2) is 27.6 Å². The van der Waals surface area contributed by atoms with E-state index in [4.69, 9.17) is 4.42 Å². The van der Waals surface area contributed by atoms with Gasteiger partial charge < -0.3 is 9.73 Å². The minimum absolute atomic E-state index is 0.0691. The van der Waals surface area contributed by atoms with Crippen molar-refractivity contribution < 1.29 is 9.21 Å². The van der Waals surface area contributed by atoms with E-state index in [1.165, 1.54) is 11.1 Å². The van der Waals surface area contributed by atoms with Crippen molar-refractivity contribution in [3.63, 3.8) is 0 Å². The van der Waals surface area contributed by atoms with E-state index in [-0.39, 0.29) is 24.1 Å². The lowest BCUT2D eigenvalue weighted by Gasteiger charge is -2.34. The van der Waals surface area contributed by atoms with Gasteiger partial charge in [-0.15, -0.1) is 0 Å². The molecule has 3 aromatic rings. The van der Waals surface area contributed by atoms with Gasteiger partial charge in [-0.05, 0) is 25.2 Å². The molecule has 7 nitrogen and oxygen atoms in total. The summed E-state index contributed by atoms with van der Waals surface area (Å²) in [6, 6.07) is 3.67. The lowest BCUT2D eigenvalue weighted by molar-refractivity contribution is -0.123. The molecule has 4 rings (SSSR count). The van der Waals surface area contributed by atoms with Gasteiger partial charge in [0, 0.05) is 18.2 Å². The highest BCUT2D eigenvalue weighted by Crippen LogP contribution is 2.29. The second kappa shape index (κ2) is 6.30. The highest BCUT2D eigenvalue weighted by atomic mass is 16.3. The Hall–Kier alpha value is -2.57. The van der Waals surface area contributed by atoms with E-state index < -0.39 is 0 Å². The zero-order valence-electron chi connectivity index (χ0n) is 15.4. The molecule has 0 aliphatic heterocycles. The lowest BCUT2D eigenvalue weighted by Crippen LogP contribution is -2.46. The first-order valence-electron chi connectivity index (χ1n) is 9.21. The van der Waals surface area contributed by atoms with Gasteiger partial charge in [0.25, 0.3) is 5.56 Å². The van der Waals surface area contributed by atoms with Crippen LogP contribution in [0.5, 0.6) is 0 Å². The highest BCUT2D eigenvalue weighted by molar-refractivity contribution is 5.82. The Labute approximate surface area is 151 Å². The molecule has 0 aromatic carbocycles. The number of hydrogen-bond acceptors (Lipinski definition) is 4. The third-order valence-electron chi connectivity index (χ3n) is 5.81. The summed E-state index contributed by atoms with van der Waals surface area (Å²) in [6.07, 6.45) is 4.91. The van der Waals surface area contributed by atoms with Crippen molar-refractivity contribution in [3.05, 3.63) is 34.6 Å². The van der Waals surface area contributed by atoms with Crippen LogP contribution in [0.2, 0.25) is 0 Å². The molecule has 0 bridgehead atoms. The quantitative estimate of drug-likeness (QED) is 0.782. The van der Waals surface area contributed by atoms with E-state index in [2.05, 4.69) is 24.3 Å². The third kappa shape index (κ3) is 2.71. The number of hydrogen-bond donors (Lipinski definition) is 1. The van der Waals surface area contributed by atoms with E-state index in [1.54, 1.807) is 22.8 Å². The van der Waals surface area contributed by atoms with Crippen molar-refractivity contribution in [2.24, 2.45) is 11.8 Å². The third-order valence-corrected chi connectivity index (χ3v) is 5.81. The Morgan fingerprint density at radius 3 is 2.96 bits per heavy atom. The molecule has 1 saturated carbocycles. The number of carbonyl (C=O) groups is 1. The highest BCUT2D eigenvalue weighted by Gasteiger charge is 2.28. The maximum atomic E-state index is 12.8. The summed E-state index contributed by atoms with van der Waals surface area (Å²) in [5.74, 6) is 1.52. The predicted octanol–water partition coefficient (Wildman–Crippen LogP) is 2.49.